The van der Waals surface area contributed by atoms with Gasteiger partial charge in [0.05, 0.1) is 17.0 Å². The quantitative estimate of drug-likeness (QED) is 0.495. The maximum absolute atomic E-state index is 12.8. The van der Waals surface area contributed by atoms with Gasteiger partial charge in [-0.05, 0) is 36.4 Å². The molecule has 2 fully saturated rings. The van der Waals surface area contributed by atoms with Crippen molar-refractivity contribution in [3.8, 4) is 0 Å². The van der Waals surface area contributed by atoms with Crippen LogP contribution in [-0.2, 0) is 0 Å². The predicted octanol–water partition coefficient (Wildman–Crippen LogP) is 3.65. The summed E-state index contributed by atoms with van der Waals surface area (Å²) in [6.07, 6.45) is 3.60. The fraction of sp³-hybridized carbons (Fsp3) is 0.875. The monoisotopic (exact) mass is 286 g/mol. The van der Waals surface area contributed by atoms with Gasteiger partial charge in [-0.15, -0.1) is 0 Å². The second kappa shape index (κ2) is 3.08. The van der Waals surface area contributed by atoms with Crippen molar-refractivity contribution >= 4 is 0 Å². The van der Waals surface area contributed by atoms with E-state index in [-0.39, 0.29) is 22.9 Å². The molecular weight excluding hydrogens is 264 g/mol. The molecule has 112 valence electrons. The number of azo groups is 2. The molecule has 2 saturated carbocycles. The van der Waals surface area contributed by atoms with E-state index in [9.17, 15) is 5.21 Å². The number of nitrogens with zero attached hydrogens (tertiary/aromatic N) is 4. The summed E-state index contributed by atoms with van der Waals surface area (Å²) >= 11 is 0. The molecule has 3 aliphatic carbocycles. The Balaban J connectivity index is 1.86. The molecule has 0 N–H and O–H groups in total. The lowest BCUT2D eigenvalue weighted by Gasteiger charge is -2.39. The molecular formula is C16H22N4O. The van der Waals surface area contributed by atoms with Crippen molar-refractivity contribution in [3.63, 3.8) is 0 Å². The zero-order chi connectivity index (χ0) is 14.8. The van der Waals surface area contributed by atoms with E-state index >= 15 is 0 Å². The molecule has 5 nitrogen and oxygen atoms in total. The fourth-order valence-corrected chi connectivity index (χ4v) is 6.11. The van der Waals surface area contributed by atoms with Crippen molar-refractivity contribution in [1.29, 1.82) is 0 Å². The molecule has 5 heteroatoms. The van der Waals surface area contributed by atoms with Gasteiger partial charge in [-0.25, -0.2) is 0 Å². The number of hydrogen-bond acceptors (Lipinski definition) is 4. The lowest BCUT2D eigenvalue weighted by molar-refractivity contribution is -0.612. The molecule has 2 aliphatic heterocycles. The summed E-state index contributed by atoms with van der Waals surface area (Å²) in [7, 11) is 0. The van der Waals surface area contributed by atoms with Gasteiger partial charge < -0.3 is 5.21 Å². The summed E-state index contributed by atoms with van der Waals surface area (Å²) in [6.45, 7) is 8.65. The first kappa shape index (κ1) is 12.3. The summed E-state index contributed by atoms with van der Waals surface area (Å²) in [5, 5.41) is 26.8. The molecule has 0 radical (unpaired) electrons. The summed E-state index contributed by atoms with van der Waals surface area (Å²) in [5.41, 5.74) is 1.50. The fourth-order valence-electron chi connectivity index (χ4n) is 6.11. The summed E-state index contributed by atoms with van der Waals surface area (Å²) in [4.78, 5) is 1.05. The van der Waals surface area contributed by atoms with Crippen LogP contribution in [-0.4, -0.2) is 22.0 Å². The molecule has 6 atom stereocenters. The Morgan fingerprint density at radius 2 is 1.95 bits per heavy atom. The van der Waals surface area contributed by atoms with Crippen LogP contribution in [0.2, 0.25) is 0 Å². The number of fused-ring (bicyclic) bond motifs is 3. The van der Waals surface area contributed by atoms with Crippen LogP contribution in [0.1, 0.15) is 47.0 Å². The maximum Gasteiger partial charge on any atom is 0.212 e. The van der Waals surface area contributed by atoms with Crippen LogP contribution in [0.25, 0.3) is 0 Å². The molecule has 0 spiro atoms. The first-order valence-corrected chi connectivity index (χ1v) is 8.19. The first-order chi connectivity index (χ1) is 9.84. The van der Waals surface area contributed by atoms with Crippen molar-refractivity contribution in [2.75, 3.05) is 0 Å². The number of hydrogen-bond donors (Lipinski definition) is 0. The Kier molecular flexibility index (Phi) is 1.81. The molecule has 0 aromatic heterocycles. The van der Waals surface area contributed by atoms with Crippen LogP contribution in [0.4, 0.5) is 0 Å². The lowest BCUT2D eigenvalue weighted by Crippen LogP contribution is -2.53. The van der Waals surface area contributed by atoms with Crippen LogP contribution in [0.5, 0.6) is 0 Å². The highest BCUT2D eigenvalue weighted by Crippen LogP contribution is 2.71. The van der Waals surface area contributed by atoms with Gasteiger partial charge in [0.2, 0.25) is 5.54 Å². The van der Waals surface area contributed by atoms with E-state index in [2.05, 4.69) is 37.9 Å². The van der Waals surface area contributed by atoms with Crippen LogP contribution in [0, 0.1) is 28.4 Å². The number of allylic oxidation sites excluding steroid dienone is 1. The smallest absolute Gasteiger partial charge is 0.212 e. The third-order valence-electron chi connectivity index (χ3n) is 7.89. The van der Waals surface area contributed by atoms with E-state index in [1.165, 1.54) is 30.5 Å². The van der Waals surface area contributed by atoms with Gasteiger partial charge in [0, 0.05) is 12.8 Å². The molecule has 0 aromatic rings. The predicted molar refractivity (Wildman–Crippen MR) is 76.6 cm³/mol. The topological polar surface area (TPSA) is 63.1 Å². The second-order valence-electron chi connectivity index (χ2n) is 8.40. The van der Waals surface area contributed by atoms with Crippen LogP contribution >= 0.6 is 0 Å². The number of rotatable bonds is 0. The van der Waals surface area contributed by atoms with E-state index in [1.54, 1.807) is 0 Å². The molecule has 2 heterocycles. The maximum atomic E-state index is 12.8. The summed E-state index contributed by atoms with van der Waals surface area (Å²) < 4.78 is 0. The van der Waals surface area contributed by atoms with Gasteiger partial charge >= 0.3 is 0 Å². The van der Waals surface area contributed by atoms with Crippen molar-refractivity contribution in [2.24, 2.45) is 38.5 Å². The normalized spacial score (nSPS) is 55.0. The molecule has 0 bridgehead atoms. The Morgan fingerprint density at radius 3 is 2.71 bits per heavy atom. The van der Waals surface area contributed by atoms with Gasteiger partial charge in [0.25, 0.3) is 0 Å². The minimum absolute atomic E-state index is 0.156. The molecule has 5 aliphatic rings. The minimum atomic E-state index is -0.486. The highest BCUT2D eigenvalue weighted by atomic mass is 16.5. The molecule has 5 rings (SSSR count). The zero-order valence-electron chi connectivity index (χ0n) is 13.1. The highest BCUT2D eigenvalue weighted by molar-refractivity contribution is 5.48. The van der Waals surface area contributed by atoms with Crippen LogP contribution in [0.15, 0.2) is 26.6 Å². The average Bonchev–Trinajstić information content (AvgIpc) is 3.10. The SMILES string of the molecule is CC1(C)[C@]2(C)N=NC3=C2[C@@H]2[C@@H](N=[N+]([O-])[C@@]21C)[C@H]1CCC[C@@H]31. The molecule has 21 heavy (non-hydrogen) atoms. The van der Waals surface area contributed by atoms with Crippen LogP contribution < -0.4 is 0 Å². The zero-order valence-corrected chi connectivity index (χ0v) is 13.1. The van der Waals surface area contributed by atoms with E-state index in [0.29, 0.717) is 11.8 Å². The van der Waals surface area contributed by atoms with Gasteiger partial charge in [0.15, 0.2) is 0 Å². The first-order valence-electron chi connectivity index (χ1n) is 8.19. The Bertz CT molecular complexity index is 663. The molecule has 0 unspecified atom stereocenters. The highest BCUT2D eigenvalue weighted by Gasteiger charge is 2.80. The van der Waals surface area contributed by atoms with Crippen molar-refractivity contribution in [2.45, 2.75) is 64.1 Å². The molecule has 0 saturated heterocycles. The Morgan fingerprint density at radius 1 is 1.19 bits per heavy atom. The minimum Gasteiger partial charge on any atom is -0.599 e. The molecule has 0 amide bonds. The van der Waals surface area contributed by atoms with Crippen molar-refractivity contribution in [1.82, 2.24) is 0 Å². The Hall–Kier alpha value is -1.26. The van der Waals surface area contributed by atoms with E-state index < -0.39 is 5.54 Å². The van der Waals surface area contributed by atoms with Gasteiger partial charge in [-0.3, -0.25) is 0 Å². The molecule has 0 aromatic carbocycles. The summed E-state index contributed by atoms with van der Waals surface area (Å²) in [6, 6.07) is 0.156. The van der Waals surface area contributed by atoms with Gasteiger partial charge in [0.1, 0.15) is 11.6 Å². The van der Waals surface area contributed by atoms with Crippen molar-refractivity contribution in [3.05, 3.63) is 16.5 Å². The summed E-state index contributed by atoms with van der Waals surface area (Å²) in [5.74, 6) is 1.20. The third-order valence-corrected chi connectivity index (χ3v) is 7.89. The largest absolute Gasteiger partial charge is 0.599 e. The van der Waals surface area contributed by atoms with Gasteiger partial charge in [-0.2, -0.15) is 10.2 Å². The van der Waals surface area contributed by atoms with Crippen LogP contribution in [0.3, 0.4) is 0 Å². The van der Waals surface area contributed by atoms with E-state index in [0.717, 1.165) is 4.86 Å². The van der Waals surface area contributed by atoms with Crippen molar-refractivity contribution < 1.29 is 4.86 Å². The average molecular weight is 286 g/mol. The third kappa shape index (κ3) is 0.940. The number of hydroxylamine groups is 1. The van der Waals surface area contributed by atoms with E-state index in [1.807, 2.05) is 0 Å². The van der Waals surface area contributed by atoms with Gasteiger partial charge in [-0.1, -0.05) is 25.1 Å². The Labute approximate surface area is 124 Å². The van der Waals surface area contributed by atoms with E-state index in [4.69, 9.17) is 5.11 Å². The lowest BCUT2D eigenvalue weighted by atomic mass is 9.65. The standard InChI is InChI=1S/C16H22N4O/c1-14(2)15(3)10-11-13(18-20(21)16(11,14)4)9-7-5-6-8(9)12(10)17-19-15/h8-9,11,13H,5-7H2,1-4H3/t8-,9+,11-,13+,15-,16+/m1/s1. The second-order valence-corrected chi connectivity index (χ2v) is 8.40.